The Hall–Kier alpha value is -1.37. The van der Waals surface area contributed by atoms with Crippen LogP contribution in [0, 0.1) is 6.92 Å². The van der Waals surface area contributed by atoms with E-state index >= 15 is 0 Å². The zero-order valence-electron chi connectivity index (χ0n) is 13.5. The maximum absolute atomic E-state index is 12.5. The van der Waals surface area contributed by atoms with Crippen LogP contribution in [-0.2, 0) is 6.54 Å². The Kier molecular flexibility index (Phi) is 5.58. The summed E-state index contributed by atoms with van der Waals surface area (Å²) in [5, 5.41) is 0. The van der Waals surface area contributed by atoms with Gasteiger partial charge in [-0.25, -0.2) is 0 Å². The number of rotatable bonds is 4. The number of aromatic nitrogens is 1. The average Bonchev–Trinajstić information content (AvgIpc) is 2.89. The molecule has 24 heavy (non-hydrogen) atoms. The molecule has 0 aliphatic heterocycles. The van der Waals surface area contributed by atoms with Crippen LogP contribution in [0.4, 0.5) is 0 Å². The van der Waals surface area contributed by atoms with Crippen molar-refractivity contribution in [1.29, 1.82) is 0 Å². The smallest absolute Gasteiger partial charge is 0.279 e. The lowest BCUT2D eigenvalue weighted by Crippen LogP contribution is -2.18. The molecule has 3 nitrogen and oxygen atoms in total. The van der Waals surface area contributed by atoms with E-state index in [2.05, 4.69) is 56.9 Å². The molecule has 0 saturated heterocycles. The first kappa shape index (κ1) is 17.5. The van der Waals surface area contributed by atoms with E-state index in [1.807, 2.05) is 12.1 Å². The van der Waals surface area contributed by atoms with E-state index < -0.39 is 0 Å². The van der Waals surface area contributed by atoms with Crippen molar-refractivity contribution >= 4 is 55.2 Å². The van der Waals surface area contributed by atoms with Gasteiger partial charge in [0.1, 0.15) is 0 Å². The lowest BCUT2D eigenvalue weighted by Gasteiger charge is -2.04. The number of hydrogen-bond acceptors (Lipinski definition) is 3. The third kappa shape index (κ3) is 3.82. The molecule has 3 rings (SSSR count). The zero-order valence-corrected chi connectivity index (χ0v) is 16.7. The van der Waals surface area contributed by atoms with Crippen molar-refractivity contribution in [3.05, 3.63) is 62.9 Å². The van der Waals surface area contributed by atoms with Gasteiger partial charge < -0.3 is 4.57 Å². The predicted octanol–water partition coefficient (Wildman–Crippen LogP) is 4.88. The largest absolute Gasteiger partial charge is 0.316 e. The summed E-state index contributed by atoms with van der Waals surface area (Å²) < 4.78 is 4.26. The molecule has 3 aromatic rings. The van der Waals surface area contributed by atoms with E-state index in [-0.39, 0.29) is 5.91 Å². The van der Waals surface area contributed by atoms with Crippen molar-refractivity contribution in [3.8, 4) is 0 Å². The molecule has 1 amide bonds. The van der Waals surface area contributed by atoms with Gasteiger partial charge in [0.2, 0.25) is 0 Å². The van der Waals surface area contributed by atoms with Gasteiger partial charge in [-0.1, -0.05) is 33.3 Å². The number of carbonyl (C=O) groups excluding carboxylic acids is 1. The molecule has 6 heteroatoms. The highest BCUT2D eigenvalue weighted by Crippen LogP contribution is 2.19. The molecular weight excluding hydrogens is 404 g/mol. The maximum Gasteiger partial charge on any atom is 0.279 e. The number of carbonyl (C=O) groups is 1. The fourth-order valence-electron chi connectivity index (χ4n) is 2.41. The van der Waals surface area contributed by atoms with Crippen LogP contribution in [-0.4, -0.2) is 22.5 Å². The van der Waals surface area contributed by atoms with Crippen molar-refractivity contribution in [2.24, 2.45) is 4.99 Å². The fourth-order valence-corrected chi connectivity index (χ4v) is 4.19. The number of nitrogens with zero attached hydrogens (tertiary/aromatic N) is 2. The van der Waals surface area contributed by atoms with Crippen LogP contribution in [0.15, 0.2) is 51.9 Å². The molecule has 0 saturated carbocycles. The van der Waals surface area contributed by atoms with Crippen LogP contribution in [0.5, 0.6) is 0 Å². The summed E-state index contributed by atoms with van der Waals surface area (Å²) in [5.41, 5.74) is 2.96. The van der Waals surface area contributed by atoms with Crippen molar-refractivity contribution < 1.29 is 4.79 Å². The minimum Gasteiger partial charge on any atom is -0.316 e. The Bertz CT molecular complexity index is 942. The number of thioether (sulfide) groups is 1. The quantitative estimate of drug-likeness (QED) is 0.602. The summed E-state index contributed by atoms with van der Waals surface area (Å²) in [6, 6.07) is 13.7. The van der Waals surface area contributed by atoms with Gasteiger partial charge in [0.15, 0.2) is 4.80 Å². The Morgan fingerprint density at radius 2 is 2.00 bits per heavy atom. The lowest BCUT2D eigenvalue weighted by atomic mass is 10.2. The summed E-state index contributed by atoms with van der Waals surface area (Å²) in [5.74, 6) is 0.781. The minimum absolute atomic E-state index is 0.205. The first-order valence-electron chi connectivity index (χ1n) is 7.52. The van der Waals surface area contributed by atoms with E-state index in [1.54, 1.807) is 35.2 Å². The SMILES string of the molecule is CSCCn1c(=NC(=O)c2ccc(Br)cc2)sc2cc(C)ccc21. The fraction of sp³-hybridized carbons (Fsp3) is 0.222. The van der Waals surface area contributed by atoms with Gasteiger partial charge in [0, 0.05) is 22.3 Å². The van der Waals surface area contributed by atoms with Crippen molar-refractivity contribution in [2.75, 3.05) is 12.0 Å². The van der Waals surface area contributed by atoms with Gasteiger partial charge in [-0.3, -0.25) is 4.79 Å². The van der Waals surface area contributed by atoms with E-state index in [0.717, 1.165) is 27.1 Å². The summed E-state index contributed by atoms with van der Waals surface area (Å²) in [6.45, 7) is 2.92. The van der Waals surface area contributed by atoms with Crippen molar-refractivity contribution in [3.63, 3.8) is 0 Å². The number of hydrogen-bond donors (Lipinski definition) is 0. The predicted molar refractivity (Wildman–Crippen MR) is 107 cm³/mol. The summed E-state index contributed by atoms with van der Waals surface area (Å²) in [4.78, 5) is 17.7. The molecule has 0 aliphatic rings. The molecule has 0 unspecified atom stereocenters. The summed E-state index contributed by atoms with van der Waals surface area (Å²) in [7, 11) is 0. The van der Waals surface area contributed by atoms with Gasteiger partial charge >= 0.3 is 0 Å². The van der Waals surface area contributed by atoms with Crippen LogP contribution in [0.1, 0.15) is 15.9 Å². The van der Waals surface area contributed by atoms with Gasteiger partial charge in [-0.15, -0.1) is 0 Å². The Morgan fingerprint density at radius 1 is 1.25 bits per heavy atom. The third-order valence-electron chi connectivity index (χ3n) is 3.65. The second-order valence-corrected chi connectivity index (χ2v) is 8.33. The van der Waals surface area contributed by atoms with Crippen LogP contribution >= 0.6 is 39.0 Å². The maximum atomic E-state index is 12.5. The van der Waals surface area contributed by atoms with Gasteiger partial charge in [-0.05, 0) is 55.1 Å². The lowest BCUT2D eigenvalue weighted by molar-refractivity contribution is 0.0998. The molecule has 124 valence electrons. The van der Waals surface area contributed by atoms with Gasteiger partial charge in [0.25, 0.3) is 5.91 Å². The van der Waals surface area contributed by atoms with E-state index in [1.165, 1.54) is 10.3 Å². The Labute approximate surface area is 157 Å². The number of aryl methyl sites for hydroxylation is 2. The monoisotopic (exact) mass is 420 g/mol. The number of halogens is 1. The molecule has 0 spiro atoms. The van der Waals surface area contributed by atoms with E-state index in [0.29, 0.717) is 5.56 Å². The highest BCUT2D eigenvalue weighted by atomic mass is 79.9. The Morgan fingerprint density at radius 3 is 2.71 bits per heavy atom. The van der Waals surface area contributed by atoms with E-state index in [9.17, 15) is 4.79 Å². The zero-order chi connectivity index (χ0) is 17.1. The molecule has 1 aromatic heterocycles. The second kappa shape index (κ2) is 7.68. The molecular formula is C18H17BrN2OS2. The van der Waals surface area contributed by atoms with Crippen molar-refractivity contribution in [2.45, 2.75) is 13.5 Å². The second-order valence-electron chi connectivity index (χ2n) is 5.42. The number of thiazole rings is 1. The van der Waals surface area contributed by atoms with Gasteiger partial charge in [-0.2, -0.15) is 16.8 Å². The highest BCUT2D eigenvalue weighted by molar-refractivity contribution is 9.10. The molecule has 1 heterocycles. The number of fused-ring (bicyclic) bond motifs is 1. The summed E-state index contributed by atoms with van der Waals surface area (Å²) in [6.07, 6.45) is 2.09. The molecule has 2 aromatic carbocycles. The molecule has 0 radical (unpaired) electrons. The topological polar surface area (TPSA) is 34.4 Å². The Balaban J connectivity index is 2.09. The molecule has 0 bridgehead atoms. The standard InChI is InChI=1S/C18H17BrN2OS2/c1-12-3-8-15-16(11-12)24-18(21(15)9-10-23-2)20-17(22)13-4-6-14(19)7-5-13/h3-8,11H,9-10H2,1-2H3. The highest BCUT2D eigenvalue weighted by Gasteiger charge is 2.09. The average molecular weight is 421 g/mol. The molecule has 0 aliphatic carbocycles. The number of amides is 1. The van der Waals surface area contributed by atoms with E-state index in [4.69, 9.17) is 0 Å². The molecule has 0 atom stereocenters. The first-order valence-corrected chi connectivity index (χ1v) is 10.5. The first-order chi connectivity index (χ1) is 11.6. The summed E-state index contributed by atoms with van der Waals surface area (Å²) >= 11 is 6.75. The molecule has 0 N–H and O–H groups in total. The van der Waals surface area contributed by atoms with Crippen LogP contribution < -0.4 is 4.80 Å². The number of benzene rings is 2. The van der Waals surface area contributed by atoms with Crippen LogP contribution in [0.2, 0.25) is 0 Å². The van der Waals surface area contributed by atoms with Crippen molar-refractivity contribution in [1.82, 2.24) is 4.57 Å². The normalized spacial score (nSPS) is 12.0. The van der Waals surface area contributed by atoms with Crippen LogP contribution in [0.3, 0.4) is 0 Å². The minimum atomic E-state index is -0.205. The van der Waals surface area contributed by atoms with Crippen LogP contribution in [0.25, 0.3) is 10.2 Å². The van der Waals surface area contributed by atoms with Gasteiger partial charge in [0.05, 0.1) is 10.2 Å². The third-order valence-corrected chi connectivity index (χ3v) is 5.81. The molecule has 0 fully saturated rings.